The van der Waals surface area contributed by atoms with Crippen molar-refractivity contribution in [1.82, 2.24) is 0 Å². The summed E-state index contributed by atoms with van der Waals surface area (Å²) >= 11 is 0. The molecule has 0 rings (SSSR count). The van der Waals surface area contributed by atoms with Crippen molar-refractivity contribution < 1.29 is 24.2 Å². The van der Waals surface area contributed by atoms with Crippen LogP contribution in [0.2, 0.25) is 0 Å². The minimum absolute atomic E-state index is 0.0587. The van der Waals surface area contributed by atoms with E-state index in [4.69, 9.17) is 9.47 Å². The lowest BCUT2D eigenvalue weighted by molar-refractivity contribution is -0.161. The van der Waals surface area contributed by atoms with Gasteiger partial charge in [0.2, 0.25) is 0 Å². The van der Waals surface area contributed by atoms with Crippen LogP contribution in [0.5, 0.6) is 0 Å². The van der Waals surface area contributed by atoms with Gasteiger partial charge in [-0.25, -0.2) is 0 Å². The van der Waals surface area contributed by atoms with E-state index in [2.05, 4.69) is 27.7 Å². The van der Waals surface area contributed by atoms with E-state index in [9.17, 15) is 14.7 Å². The van der Waals surface area contributed by atoms with Gasteiger partial charge in [-0.2, -0.15) is 0 Å². The molecule has 0 unspecified atom stereocenters. The molecule has 5 heteroatoms. The highest BCUT2D eigenvalue weighted by atomic mass is 16.6. The van der Waals surface area contributed by atoms with E-state index in [0.717, 1.165) is 50.4 Å². The third-order valence-corrected chi connectivity index (χ3v) is 9.26. The number of carbonyl (C=O) groups is 2. The minimum atomic E-state index is -0.763. The van der Waals surface area contributed by atoms with Gasteiger partial charge in [0.25, 0.3) is 0 Å². The molecule has 0 radical (unpaired) electrons. The Hall–Kier alpha value is -1.10. The van der Waals surface area contributed by atoms with E-state index in [0.29, 0.717) is 12.8 Å². The summed E-state index contributed by atoms with van der Waals surface area (Å²) in [5.74, 6) is 1.11. The summed E-state index contributed by atoms with van der Waals surface area (Å²) in [7, 11) is 0. The van der Waals surface area contributed by atoms with Gasteiger partial charge in [-0.15, -0.1) is 0 Å². The molecule has 0 aromatic rings. The first-order valence-corrected chi connectivity index (χ1v) is 20.3. The van der Waals surface area contributed by atoms with Gasteiger partial charge in [-0.3, -0.25) is 9.59 Å². The van der Waals surface area contributed by atoms with Gasteiger partial charge in [0.15, 0.2) is 6.10 Å². The van der Waals surface area contributed by atoms with Crippen molar-refractivity contribution in [2.24, 2.45) is 11.8 Å². The number of unbranched alkanes of at least 4 members (excludes halogenated alkanes) is 24. The first kappa shape index (κ1) is 44.9. The molecule has 46 heavy (non-hydrogen) atoms. The van der Waals surface area contributed by atoms with E-state index in [1.165, 1.54) is 141 Å². The number of carbonyl (C=O) groups excluding carboxylic acids is 2. The summed E-state index contributed by atoms with van der Waals surface area (Å²) in [6, 6.07) is 0. The van der Waals surface area contributed by atoms with Crippen molar-refractivity contribution in [3.63, 3.8) is 0 Å². The summed E-state index contributed by atoms with van der Waals surface area (Å²) in [6.45, 7) is 8.86. The third-order valence-electron chi connectivity index (χ3n) is 9.26. The zero-order valence-corrected chi connectivity index (χ0v) is 31.4. The van der Waals surface area contributed by atoms with E-state index in [-0.39, 0.29) is 25.2 Å². The molecule has 0 aromatic heterocycles. The molecule has 274 valence electrons. The number of esters is 2. The first-order valence-electron chi connectivity index (χ1n) is 20.3. The van der Waals surface area contributed by atoms with Crippen LogP contribution in [-0.2, 0) is 19.1 Å². The van der Waals surface area contributed by atoms with Crippen molar-refractivity contribution >= 4 is 11.9 Å². The number of aliphatic hydroxyl groups excluding tert-OH is 1. The standard InChI is InChI=1S/C41H80O5/c1-37(2)31-27-23-19-15-11-9-7-5-6-8-10-12-18-22-26-30-34-41(44)46-39(35-42)36-45-40(43)33-29-25-21-17-14-13-16-20-24-28-32-38(3)4/h37-39,42H,5-36H2,1-4H3/t39-/m0/s1. The fourth-order valence-electron chi connectivity index (χ4n) is 6.16. The lowest BCUT2D eigenvalue weighted by Crippen LogP contribution is -2.28. The number of hydrogen-bond donors (Lipinski definition) is 1. The highest BCUT2D eigenvalue weighted by molar-refractivity contribution is 5.70. The van der Waals surface area contributed by atoms with Crippen LogP contribution in [0.25, 0.3) is 0 Å². The van der Waals surface area contributed by atoms with Crippen LogP contribution in [0.15, 0.2) is 0 Å². The maximum absolute atomic E-state index is 12.2. The Morgan fingerprint density at radius 1 is 0.435 bits per heavy atom. The van der Waals surface area contributed by atoms with Crippen LogP contribution in [0.3, 0.4) is 0 Å². The van der Waals surface area contributed by atoms with E-state index in [1.54, 1.807) is 0 Å². The molecule has 0 saturated carbocycles. The molecular formula is C41H80O5. The van der Waals surface area contributed by atoms with E-state index in [1.807, 2.05) is 0 Å². The molecule has 0 aliphatic carbocycles. The fraction of sp³-hybridized carbons (Fsp3) is 0.951. The Labute approximate surface area is 287 Å². The molecule has 0 aliphatic rings. The van der Waals surface area contributed by atoms with Crippen LogP contribution in [0.1, 0.15) is 220 Å². The summed E-state index contributed by atoms with van der Waals surface area (Å²) in [4.78, 5) is 24.2. The van der Waals surface area contributed by atoms with Gasteiger partial charge in [0, 0.05) is 12.8 Å². The Bertz CT molecular complexity index is 647. The molecular weight excluding hydrogens is 572 g/mol. The second kappa shape index (κ2) is 35.2. The maximum atomic E-state index is 12.2. The molecule has 1 N–H and O–H groups in total. The SMILES string of the molecule is CC(C)CCCCCCCCCCCCCCCCCCC(=O)O[C@@H](CO)COC(=O)CCCCCCCCCCCCC(C)C. The van der Waals surface area contributed by atoms with Gasteiger partial charge in [-0.1, -0.05) is 195 Å². The van der Waals surface area contributed by atoms with Crippen molar-refractivity contribution in [3.05, 3.63) is 0 Å². The molecule has 0 aliphatic heterocycles. The molecule has 0 spiro atoms. The number of hydrogen-bond acceptors (Lipinski definition) is 5. The van der Waals surface area contributed by atoms with Gasteiger partial charge >= 0.3 is 11.9 Å². The first-order chi connectivity index (χ1) is 22.3. The van der Waals surface area contributed by atoms with E-state index >= 15 is 0 Å². The zero-order chi connectivity index (χ0) is 33.9. The fourth-order valence-corrected chi connectivity index (χ4v) is 6.16. The Kier molecular flexibility index (Phi) is 34.4. The topological polar surface area (TPSA) is 72.8 Å². The summed E-state index contributed by atoms with van der Waals surface area (Å²) in [5, 5.41) is 9.55. The molecule has 0 bridgehead atoms. The van der Waals surface area contributed by atoms with Gasteiger partial charge < -0.3 is 14.6 Å². The quantitative estimate of drug-likeness (QED) is 0.0538. The maximum Gasteiger partial charge on any atom is 0.306 e. The molecule has 0 heterocycles. The molecule has 0 aromatic carbocycles. The van der Waals surface area contributed by atoms with E-state index < -0.39 is 6.10 Å². The van der Waals surface area contributed by atoms with Crippen LogP contribution < -0.4 is 0 Å². The predicted octanol–water partition coefficient (Wildman–Crippen LogP) is 12.4. The molecule has 5 nitrogen and oxygen atoms in total. The minimum Gasteiger partial charge on any atom is -0.462 e. The second-order valence-corrected chi connectivity index (χ2v) is 15.0. The molecule has 1 atom stereocenters. The lowest BCUT2D eigenvalue weighted by atomic mass is 10.0. The average Bonchev–Trinajstić information content (AvgIpc) is 3.02. The zero-order valence-electron chi connectivity index (χ0n) is 31.4. The third kappa shape index (κ3) is 35.7. The average molecular weight is 653 g/mol. The normalized spacial score (nSPS) is 12.2. The van der Waals surface area contributed by atoms with Gasteiger partial charge in [0.1, 0.15) is 6.61 Å². The van der Waals surface area contributed by atoms with Crippen molar-refractivity contribution in [2.75, 3.05) is 13.2 Å². The highest BCUT2D eigenvalue weighted by Crippen LogP contribution is 2.16. The summed E-state index contributed by atoms with van der Waals surface area (Å²) in [6.07, 6.45) is 36.0. The van der Waals surface area contributed by atoms with Crippen molar-refractivity contribution in [3.8, 4) is 0 Å². The molecule has 0 fully saturated rings. The Balaban J connectivity index is 3.48. The number of ether oxygens (including phenoxy) is 2. The number of rotatable bonds is 36. The lowest BCUT2D eigenvalue weighted by Gasteiger charge is -2.15. The molecule has 0 amide bonds. The van der Waals surface area contributed by atoms with Crippen LogP contribution in [-0.4, -0.2) is 36.4 Å². The largest absolute Gasteiger partial charge is 0.462 e. The summed E-state index contributed by atoms with van der Waals surface area (Å²) in [5.41, 5.74) is 0. The highest BCUT2D eigenvalue weighted by Gasteiger charge is 2.16. The second-order valence-electron chi connectivity index (χ2n) is 15.0. The smallest absolute Gasteiger partial charge is 0.306 e. The van der Waals surface area contributed by atoms with Crippen LogP contribution in [0.4, 0.5) is 0 Å². The molecule has 0 saturated heterocycles. The van der Waals surface area contributed by atoms with Crippen LogP contribution in [0, 0.1) is 11.8 Å². The monoisotopic (exact) mass is 653 g/mol. The van der Waals surface area contributed by atoms with Gasteiger partial charge in [-0.05, 0) is 24.7 Å². The predicted molar refractivity (Wildman–Crippen MR) is 196 cm³/mol. The Morgan fingerprint density at radius 3 is 1.02 bits per heavy atom. The van der Waals surface area contributed by atoms with Crippen molar-refractivity contribution in [2.45, 2.75) is 226 Å². The Morgan fingerprint density at radius 2 is 0.717 bits per heavy atom. The van der Waals surface area contributed by atoms with Crippen molar-refractivity contribution in [1.29, 1.82) is 0 Å². The number of aliphatic hydroxyl groups is 1. The van der Waals surface area contributed by atoms with Crippen LogP contribution >= 0.6 is 0 Å². The van der Waals surface area contributed by atoms with Gasteiger partial charge in [0.05, 0.1) is 6.61 Å². The summed E-state index contributed by atoms with van der Waals surface area (Å²) < 4.78 is 10.6.